The molecule has 1 fully saturated rings. The highest BCUT2D eigenvalue weighted by atomic mass is 32.1. The first-order valence-corrected chi connectivity index (χ1v) is 7.95. The summed E-state index contributed by atoms with van der Waals surface area (Å²) in [5.74, 6) is -0.344. The number of hydrogen-bond acceptors (Lipinski definition) is 5. The molecule has 1 unspecified atom stereocenters. The fourth-order valence-electron chi connectivity index (χ4n) is 2.26. The van der Waals surface area contributed by atoms with Gasteiger partial charge in [-0.2, -0.15) is 0 Å². The molecule has 3 rings (SSSR count). The van der Waals surface area contributed by atoms with Crippen molar-refractivity contribution < 1.29 is 14.3 Å². The number of thiazole rings is 1. The van der Waals surface area contributed by atoms with Crippen molar-refractivity contribution in [2.45, 2.75) is 25.4 Å². The Labute approximate surface area is 127 Å². The number of hydrogen-bond donors (Lipinski definition) is 0. The third-order valence-corrected chi connectivity index (χ3v) is 4.36. The van der Waals surface area contributed by atoms with Crippen LogP contribution in [0.4, 0.5) is 0 Å². The van der Waals surface area contributed by atoms with Crippen LogP contribution < -0.4 is 0 Å². The van der Waals surface area contributed by atoms with Gasteiger partial charge in [-0.3, -0.25) is 0 Å². The average molecular weight is 303 g/mol. The first kappa shape index (κ1) is 14.2. The molecule has 21 heavy (non-hydrogen) atoms. The van der Waals surface area contributed by atoms with Crippen molar-refractivity contribution in [1.29, 1.82) is 0 Å². The van der Waals surface area contributed by atoms with Gasteiger partial charge in [-0.25, -0.2) is 9.78 Å². The second-order valence-corrected chi connectivity index (χ2v) is 6.03. The number of carbonyl (C=O) groups excluding carboxylic acids is 1. The zero-order valence-corrected chi connectivity index (χ0v) is 12.5. The second kappa shape index (κ2) is 6.83. The van der Waals surface area contributed by atoms with Crippen molar-refractivity contribution in [1.82, 2.24) is 4.98 Å². The van der Waals surface area contributed by atoms with Crippen LogP contribution in [0.15, 0.2) is 30.3 Å². The standard InChI is InChI=1S/C16H17NO3S/c18-16(20-11-12-5-3-4-10-19-12)9-8-15-17-13-6-1-2-7-14(13)21-15/h1-2,6-9,12H,3-5,10-11H2/b9-8+. The topological polar surface area (TPSA) is 48.4 Å². The van der Waals surface area contributed by atoms with Gasteiger partial charge in [-0.05, 0) is 37.5 Å². The van der Waals surface area contributed by atoms with Crippen molar-refractivity contribution in [2.75, 3.05) is 13.2 Å². The Kier molecular flexibility index (Phi) is 4.62. The first-order valence-electron chi connectivity index (χ1n) is 7.13. The van der Waals surface area contributed by atoms with Crippen LogP contribution in [-0.2, 0) is 14.3 Å². The minimum Gasteiger partial charge on any atom is -0.460 e. The van der Waals surface area contributed by atoms with Gasteiger partial charge in [-0.1, -0.05) is 12.1 Å². The molecule has 1 aliphatic rings. The normalized spacial score (nSPS) is 19.1. The molecular formula is C16H17NO3S. The maximum Gasteiger partial charge on any atom is 0.330 e. The van der Waals surface area contributed by atoms with Crippen LogP contribution in [0.25, 0.3) is 16.3 Å². The molecule has 0 spiro atoms. The summed E-state index contributed by atoms with van der Waals surface area (Å²) in [6.07, 6.45) is 6.40. The summed E-state index contributed by atoms with van der Waals surface area (Å²) in [5.41, 5.74) is 0.950. The van der Waals surface area contributed by atoms with Crippen molar-refractivity contribution in [3.63, 3.8) is 0 Å². The fourth-order valence-corrected chi connectivity index (χ4v) is 3.13. The Balaban J connectivity index is 1.53. The monoisotopic (exact) mass is 303 g/mol. The number of fused-ring (bicyclic) bond motifs is 1. The number of aromatic nitrogens is 1. The smallest absolute Gasteiger partial charge is 0.330 e. The van der Waals surface area contributed by atoms with Gasteiger partial charge in [0.05, 0.1) is 16.3 Å². The molecule has 2 aromatic rings. The van der Waals surface area contributed by atoms with E-state index in [1.165, 1.54) is 6.08 Å². The lowest BCUT2D eigenvalue weighted by Gasteiger charge is -2.21. The Hall–Kier alpha value is -1.72. The zero-order chi connectivity index (χ0) is 14.5. The molecule has 1 aromatic carbocycles. The lowest BCUT2D eigenvalue weighted by atomic mass is 10.1. The molecule has 0 radical (unpaired) electrons. The Morgan fingerprint density at radius 3 is 3.14 bits per heavy atom. The predicted molar refractivity (Wildman–Crippen MR) is 83.2 cm³/mol. The molecule has 0 bridgehead atoms. The summed E-state index contributed by atoms with van der Waals surface area (Å²) in [7, 11) is 0. The minimum atomic E-state index is -0.344. The zero-order valence-electron chi connectivity index (χ0n) is 11.7. The molecule has 4 nitrogen and oxygen atoms in total. The van der Waals surface area contributed by atoms with Crippen LogP contribution >= 0.6 is 11.3 Å². The Morgan fingerprint density at radius 1 is 1.43 bits per heavy atom. The average Bonchev–Trinajstić information content (AvgIpc) is 2.95. The molecule has 0 amide bonds. The van der Waals surface area contributed by atoms with E-state index < -0.39 is 0 Å². The molecule has 0 N–H and O–H groups in total. The van der Waals surface area contributed by atoms with Crippen LogP contribution in [-0.4, -0.2) is 30.3 Å². The summed E-state index contributed by atoms with van der Waals surface area (Å²) in [6, 6.07) is 7.91. The van der Waals surface area contributed by atoms with Crippen LogP contribution in [0.2, 0.25) is 0 Å². The van der Waals surface area contributed by atoms with Gasteiger partial charge in [0.2, 0.25) is 0 Å². The van der Waals surface area contributed by atoms with Crippen molar-refractivity contribution in [2.24, 2.45) is 0 Å². The fraction of sp³-hybridized carbons (Fsp3) is 0.375. The molecule has 110 valence electrons. The number of esters is 1. The summed E-state index contributed by atoms with van der Waals surface area (Å²) in [5, 5.41) is 0.807. The van der Waals surface area contributed by atoms with E-state index in [-0.39, 0.29) is 12.1 Å². The molecule has 5 heteroatoms. The molecule has 1 atom stereocenters. The number of para-hydroxylation sites is 1. The van der Waals surface area contributed by atoms with Gasteiger partial charge < -0.3 is 9.47 Å². The number of nitrogens with zero attached hydrogens (tertiary/aromatic N) is 1. The summed E-state index contributed by atoms with van der Waals surface area (Å²) in [4.78, 5) is 16.1. The number of carbonyl (C=O) groups is 1. The largest absolute Gasteiger partial charge is 0.460 e. The van der Waals surface area contributed by atoms with E-state index in [0.29, 0.717) is 6.61 Å². The van der Waals surface area contributed by atoms with Crippen molar-refractivity contribution in [3.8, 4) is 0 Å². The predicted octanol–water partition coefficient (Wildman–Crippen LogP) is 3.42. The van der Waals surface area contributed by atoms with Crippen LogP contribution in [0, 0.1) is 0 Å². The lowest BCUT2D eigenvalue weighted by Crippen LogP contribution is -2.25. The SMILES string of the molecule is O=C(/C=C/c1nc2ccccc2s1)OCC1CCCCO1. The maximum atomic E-state index is 11.7. The van der Waals surface area contributed by atoms with Gasteiger partial charge in [0.15, 0.2) is 0 Å². The number of benzene rings is 1. The highest BCUT2D eigenvalue weighted by Gasteiger charge is 2.15. The summed E-state index contributed by atoms with van der Waals surface area (Å²) >= 11 is 1.56. The second-order valence-electron chi connectivity index (χ2n) is 4.97. The molecule has 0 aliphatic carbocycles. The van der Waals surface area contributed by atoms with E-state index in [2.05, 4.69) is 4.98 Å². The van der Waals surface area contributed by atoms with E-state index in [9.17, 15) is 4.79 Å². The van der Waals surface area contributed by atoms with E-state index in [1.54, 1.807) is 17.4 Å². The first-order chi connectivity index (χ1) is 10.3. The van der Waals surface area contributed by atoms with Crippen molar-refractivity contribution in [3.05, 3.63) is 35.3 Å². The lowest BCUT2D eigenvalue weighted by molar-refractivity contribution is -0.143. The van der Waals surface area contributed by atoms with Gasteiger partial charge in [0.1, 0.15) is 11.6 Å². The van der Waals surface area contributed by atoms with Crippen LogP contribution in [0.3, 0.4) is 0 Å². The van der Waals surface area contributed by atoms with Crippen LogP contribution in [0.1, 0.15) is 24.3 Å². The van der Waals surface area contributed by atoms with Crippen LogP contribution in [0.5, 0.6) is 0 Å². The van der Waals surface area contributed by atoms with E-state index in [4.69, 9.17) is 9.47 Å². The van der Waals surface area contributed by atoms with Gasteiger partial charge >= 0.3 is 5.97 Å². The quantitative estimate of drug-likeness (QED) is 0.641. The highest BCUT2D eigenvalue weighted by molar-refractivity contribution is 7.19. The Bertz CT molecular complexity index is 611. The third-order valence-electron chi connectivity index (χ3n) is 3.36. The maximum absolute atomic E-state index is 11.7. The molecule has 1 aliphatic heterocycles. The highest BCUT2D eigenvalue weighted by Crippen LogP contribution is 2.22. The van der Waals surface area contributed by atoms with Gasteiger partial charge in [0.25, 0.3) is 0 Å². The molecule has 0 saturated carbocycles. The van der Waals surface area contributed by atoms with Crippen molar-refractivity contribution >= 4 is 33.6 Å². The third kappa shape index (κ3) is 3.89. The molecule has 1 aromatic heterocycles. The number of ether oxygens (including phenoxy) is 2. The summed E-state index contributed by atoms with van der Waals surface area (Å²) in [6.45, 7) is 1.10. The van der Waals surface area contributed by atoms with Gasteiger partial charge in [0, 0.05) is 12.7 Å². The molecule has 2 heterocycles. The Morgan fingerprint density at radius 2 is 2.33 bits per heavy atom. The molecule has 1 saturated heterocycles. The summed E-state index contributed by atoms with van der Waals surface area (Å²) < 4.78 is 11.8. The van der Waals surface area contributed by atoms with E-state index >= 15 is 0 Å². The van der Waals surface area contributed by atoms with Gasteiger partial charge in [-0.15, -0.1) is 11.3 Å². The molecular weight excluding hydrogens is 286 g/mol. The minimum absolute atomic E-state index is 0.0542. The van der Waals surface area contributed by atoms with E-state index in [1.807, 2.05) is 24.3 Å². The van der Waals surface area contributed by atoms with E-state index in [0.717, 1.165) is 41.1 Å². The number of rotatable bonds is 4.